The predicted octanol–water partition coefficient (Wildman–Crippen LogP) is 2.34. The number of pyridine rings is 1. The number of aromatic nitrogens is 1. The molecule has 0 aliphatic rings. The average molecular weight is 200 g/mol. The fraction of sp³-hybridized carbons (Fsp3) is 0.0833. The van der Waals surface area contributed by atoms with Gasteiger partial charge in [0, 0.05) is 18.0 Å². The summed E-state index contributed by atoms with van der Waals surface area (Å²) < 4.78 is 5.06. The van der Waals surface area contributed by atoms with Crippen LogP contribution in [0.15, 0.2) is 42.6 Å². The maximum absolute atomic E-state index is 5.72. The summed E-state index contributed by atoms with van der Waals surface area (Å²) in [6.45, 7) is 0. The first-order chi connectivity index (χ1) is 7.29. The van der Waals surface area contributed by atoms with Crippen LogP contribution in [0.25, 0.3) is 11.1 Å². The summed E-state index contributed by atoms with van der Waals surface area (Å²) in [7, 11) is 1.60. The Balaban J connectivity index is 2.44. The molecule has 3 heteroatoms. The Kier molecular flexibility index (Phi) is 2.54. The summed E-state index contributed by atoms with van der Waals surface area (Å²) >= 11 is 0. The van der Waals surface area contributed by atoms with Crippen LogP contribution in [0.5, 0.6) is 5.88 Å². The first kappa shape index (κ1) is 9.52. The number of hydrogen-bond donors (Lipinski definition) is 1. The molecule has 0 aliphatic carbocycles. The van der Waals surface area contributed by atoms with Gasteiger partial charge < -0.3 is 10.5 Å². The number of hydrogen-bond acceptors (Lipinski definition) is 3. The van der Waals surface area contributed by atoms with Crippen molar-refractivity contribution in [2.24, 2.45) is 0 Å². The highest BCUT2D eigenvalue weighted by Crippen LogP contribution is 2.23. The molecule has 3 nitrogen and oxygen atoms in total. The van der Waals surface area contributed by atoms with Gasteiger partial charge in [-0.2, -0.15) is 0 Å². The normalized spacial score (nSPS) is 9.93. The fourth-order valence-corrected chi connectivity index (χ4v) is 1.42. The third-order valence-corrected chi connectivity index (χ3v) is 2.16. The van der Waals surface area contributed by atoms with Crippen LogP contribution in [0.2, 0.25) is 0 Å². The summed E-state index contributed by atoms with van der Waals surface area (Å²) in [6, 6.07) is 11.5. The van der Waals surface area contributed by atoms with Crippen molar-refractivity contribution < 1.29 is 4.74 Å². The third kappa shape index (κ3) is 2.07. The number of benzene rings is 1. The fourth-order valence-electron chi connectivity index (χ4n) is 1.42. The minimum atomic E-state index is 0.606. The predicted molar refractivity (Wildman–Crippen MR) is 60.6 cm³/mol. The summed E-state index contributed by atoms with van der Waals surface area (Å²) in [5.41, 5.74) is 8.59. The van der Waals surface area contributed by atoms with Crippen LogP contribution in [0, 0.1) is 0 Å². The van der Waals surface area contributed by atoms with E-state index in [1.54, 1.807) is 13.3 Å². The smallest absolute Gasteiger partial charge is 0.213 e. The third-order valence-electron chi connectivity index (χ3n) is 2.16. The van der Waals surface area contributed by atoms with E-state index in [0.29, 0.717) is 5.88 Å². The lowest BCUT2D eigenvalue weighted by Gasteiger charge is -2.04. The van der Waals surface area contributed by atoms with Crippen molar-refractivity contribution in [2.45, 2.75) is 0 Å². The minimum Gasteiger partial charge on any atom is -0.481 e. The summed E-state index contributed by atoms with van der Waals surface area (Å²) in [4.78, 5) is 4.05. The van der Waals surface area contributed by atoms with Gasteiger partial charge in [-0.25, -0.2) is 4.98 Å². The summed E-state index contributed by atoms with van der Waals surface area (Å²) in [5, 5.41) is 0. The van der Waals surface area contributed by atoms with E-state index in [1.807, 2.05) is 36.4 Å². The van der Waals surface area contributed by atoms with Crippen molar-refractivity contribution in [3.63, 3.8) is 0 Å². The van der Waals surface area contributed by atoms with Crippen molar-refractivity contribution in [3.05, 3.63) is 42.6 Å². The number of rotatable bonds is 2. The number of methoxy groups -OCH3 is 1. The van der Waals surface area contributed by atoms with E-state index < -0.39 is 0 Å². The molecule has 15 heavy (non-hydrogen) atoms. The maximum atomic E-state index is 5.72. The summed E-state index contributed by atoms with van der Waals surface area (Å²) in [6.07, 6.45) is 1.72. The van der Waals surface area contributed by atoms with Crippen LogP contribution in [0.4, 0.5) is 5.69 Å². The van der Waals surface area contributed by atoms with Gasteiger partial charge in [0.2, 0.25) is 5.88 Å². The molecule has 2 aromatic rings. The Bertz CT molecular complexity index is 469. The number of ether oxygens (including phenoxy) is 1. The zero-order valence-electron chi connectivity index (χ0n) is 8.47. The van der Waals surface area contributed by atoms with Gasteiger partial charge in [-0.3, -0.25) is 0 Å². The number of anilines is 1. The molecular formula is C12H12N2O. The van der Waals surface area contributed by atoms with Crippen LogP contribution < -0.4 is 10.5 Å². The Morgan fingerprint density at radius 1 is 1.13 bits per heavy atom. The SMILES string of the molecule is COc1cc(-c2cccc(N)c2)ccn1. The lowest BCUT2D eigenvalue weighted by Crippen LogP contribution is -1.88. The van der Waals surface area contributed by atoms with Gasteiger partial charge in [0.05, 0.1) is 7.11 Å². The quantitative estimate of drug-likeness (QED) is 0.757. The second-order valence-corrected chi connectivity index (χ2v) is 3.21. The average Bonchev–Trinajstić information content (AvgIpc) is 2.29. The van der Waals surface area contributed by atoms with Crippen LogP contribution in [0.3, 0.4) is 0 Å². The molecule has 2 rings (SSSR count). The molecule has 0 saturated carbocycles. The second-order valence-electron chi connectivity index (χ2n) is 3.21. The first-order valence-corrected chi connectivity index (χ1v) is 4.65. The van der Waals surface area contributed by atoms with E-state index in [9.17, 15) is 0 Å². The number of nitrogen functional groups attached to an aromatic ring is 1. The van der Waals surface area contributed by atoms with Crippen LogP contribution in [-0.4, -0.2) is 12.1 Å². The zero-order valence-corrected chi connectivity index (χ0v) is 8.47. The van der Waals surface area contributed by atoms with E-state index in [2.05, 4.69) is 4.98 Å². The molecule has 0 bridgehead atoms. The molecule has 1 heterocycles. The molecule has 1 aromatic carbocycles. The first-order valence-electron chi connectivity index (χ1n) is 4.65. The Morgan fingerprint density at radius 3 is 2.67 bits per heavy atom. The molecule has 0 amide bonds. The zero-order chi connectivity index (χ0) is 10.7. The Hall–Kier alpha value is -2.03. The van der Waals surface area contributed by atoms with Crippen molar-refractivity contribution in [1.82, 2.24) is 4.98 Å². The van der Waals surface area contributed by atoms with Gasteiger partial charge in [0.1, 0.15) is 0 Å². The van der Waals surface area contributed by atoms with Crippen molar-refractivity contribution >= 4 is 5.69 Å². The molecule has 0 unspecified atom stereocenters. The monoisotopic (exact) mass is 200 g/mol. The lowest BCUT2D eigenvalue weighted by atomic mass is 10.1. The molecule has 0 atom stereocenters. The lowest BCUT2D eigenvalue weighted by molar-refractivity contribution is 0.398. The highest BCUT2D eigenvalue weighted by Gasteiger charge is 2.00. The van der Waals surface area contributed by atoms with Gasteiger partial charge in [-0.05, 0) is 29.3 Å². The molecule has 1 aromatic heterocycles. The van der Waals surface area contributed by atoms with E-state index in [1.165, 1.54) is 0 Å². The second kappa shape index (κ2) is 4.00. The number of nitrogens with zero attached hydrogens (tertiary/aromatic N) is 1. The molecule has 0 aliphatic heterocycles. The molecule has 0 radical (unpaired) electrons. The van der Waals surface area contributed by atoms with E-state index in [4.69, 9.17) is 10.5 Å². The van der Waals surface area contributed by atoms with Gasteiger partial charge >= 0.3 is 0 Å². The molecule has 76 valence electrons. The molecule has 0 fully saturated rings. The molecule has 2 N–H and O–H groups in total. The summed E-state index contributed by atoms with van der Waals surface area (Å²) in [5.74, 6) is 0.606. The molecular weight excluding hydrogens is 188 g/mol. The van der Waals surface area contributed by atoms with Gasteiger partial charge in [0.25, 0.3) is 0 Å². The van der Waals surface area contributed by atoms with Gasteiger partial charge in [-0.1, -0.05) is 12.1 Å². The van der Waals surface area contributed by atoms with Crippen LogP contribution >= 0.6 is 0 Å². The Labute approximate surface area is 88.5 Å². The minimum absolute atomic E-state index is 0.606. The number of nitrogens with two attached hydrogens (primary N) is 1. The van der Waals surface area contributed by atoms with Crippen LogP contribution in [0.1, 0.15) is 0 Å². The van der Waals surface area contributed by atoms with Crippen LogP contribution in [-0.2, 0) is 0 Å². The van der Waals surface area contributed by atoms with E-state index in [0.717, 1.165) is 16.8 Å². The largest absolute Gasteiger partial charge is 0.481 e. The van der Waals surface area contributed by atoms with Crippen molar-refractivity contribution in [3.8, 4) is 17.0 Å². The Morgan fingerprint density at radius 2 is 1.93 bits per heavy atom. The van der Waals surface area contributed by atoms with Gasteiger partial charge in [0.15, 0.2) is 0 Å². The van der Waals surface area contributed by atoms with Crippen molar-refractivity contribution in [1.29, 1.82) is 0 Å². The van der Waals surface area contributed by atoms with Crippen molar-refractivity contribution in [2.75, 3.05) is 12.8 Å². The maximum Gasteiger partial charge on any atom is 0.213 e. The van der Waals surface area contributed by atoms with E-state index in [-0.39, 0.29) is 0 Å². The topological polar surface area (TPSA) is 48.1 Å². The van der Waals surface area contributed by atoms with Gasteiger partial charge in [-0.15, -0.1) is 0 Å². The standard InChI is InChI=1S/C12H12N2O/c1-15-12-8-10(5-6-14-12)9-3-2-4-11(13)7-9/h2-8H,13H2,1H3. The highest BCUT2D eigenvalue weighted by molar-refractivity contribution is 5.67. The highest BCUT2D eigenvalue weighted by atomic mass is 16.5. The van der Waals surface area contributed by atoms with E-state index >= 15 is 0 Å². The molecule has 0 saturated heterocycles. The molecule has 0 spiro atoms.